The maximum Gasteiger partial charge on any atom is 0.340 e. The zero-order valence-corrected chi connectivity index (χ0v) is 9.72. The standard InChI is InChI=1S/C12H12FN3O2/c1-16-7-8(6-15-16)5-14-10-4-2-3-9(13)11(10)12(17)18/h2-4,6-7,14H,5H2,1H3,(H,17,18). The van der Waals surface area contributed by atoms with E-state index >= 15 is 0 Å². The van der Waals surface area contributed by atoms with Crippen molar-refractivity contribution < 1.29 is 14.3 Å². The van der Waals surface area contributed by atoms with Gasteiger partial charge in [0, 0.05) is 25.4 Å². The van der Waals surface area contributed by atoms with Crippen LogP contribution in [0, 0.1) is 5.82 Å². The molecule has 2 aromatic rings. The summed E-state index contributed by atoms with van der Waals surface area (Å²) < 4.78 is 15.0. The predicted octanol–water partition coefficient (Wildman–Crippen LogP) is 1.87. The van der Waals surface area contributed by atoms with Gasteiger partial charge in [-0.2, -0.15) is 5.10 Å². The molecular weight excluding hydrogens is 237 g/mol. The third-order valence-corrected chi connectivity index (χ3v) is 2.47. The van der Waals surface area contributed by atoms with Crippen LogP contribution in [0.25, 0.3) is 0 Å². The fourth-order valence-electron chi connectivity index (χ4n) is 1.65. The van der Waals surface area contributed by atoms with Gasteiger partial charge in [0.15, 0.2) is 0 Å². The molecule has 0 fully saturated rings. The highest BCUT2D eigenvalue weighted by atomic mass is 19.1. The van der Waals surface area contributed by atoms with Crippen molar-refractivity contribution in [3.8, 4) is 0 Å². The molecule has 6 heteroatoms. The molecule has 0 amide bonds. The maximum absolute atomic E-state index is 13.4. The number of rotatable bonds is 4. The first-order chi connectivity index (χ1) is 8.58. The number of anilines is 1. The highest BCUT2D eigenvalue weighted by Crippen LogP contribution is 2.19. The van der Waals surface area contributed by atoms with E-state index < -0.39 is 11.8 Å². The van der Waals surface area contributed by atoms with Gasteiger partial charge in [0.05, 0.1) is 11.9 Å². The van der Waals surface area contributed by atoms with Crippen molar-refractivity contribution in [2.24, 2.45) is 7.05 Å². The molecule has 1 aromatic carbocycles. The molecule has 1 heterocycles. The summed E-state index contributed by atoms with van der Waals surface area (Å²) in [6.45, 7) is 0.386. The molecule has 1 aromatic heterocycles. The SMILES string of the molecule is Cn1cc(CNc2cccc(F)c2C(=O)O)cn1. The zero-order valence-electron chi connectivity index (χ0n) is 9.72. The number of aryl methyl sites for hydroxylation is 1. The Kier molecular flexibility index (Phi) is 3.27. The summed E-state index contributed by atoms with van der Waals surface area (Å²) in [5.41, 5.74) is 0.797. The molecule has 0 aliphatic rings. The van der Waals surface area contributed by atoms with Gasteiger partial charge in [0.1, 0.15) is 11.4 Å². The number of hydrogen-bond donors (Lipinski definition) is 2. The first-order valence-electron chi connectivity index (χ1n) is 5.31. The highest BCUT2D eigenvalue weighted by Gasteiger charge is 2.15. The zero-order chi connectivity index (χ0) is 13.1. The second-order valence-electron chi connectivity index (χ2n) is 3.84. The van der Waals surface area contributed by atoms with Crippen molar-refractivity contribution in [2.45, 2.75) is 6.54 Å². The van der Waals surface area contributed by atoms with Gasteiger partial charge in [-0.1, -0.05) is 6.07 Å². The van der Waals surface area contributed by atoms with Crippen molar-refractivity contribution in [1.82, 2.24) is 9.78 Å². The van der Waals surface area contributed by atoms with Crippen LogP contribution < -0.4 is 5.32 Å². The highest BCUT2D eigenvalue weighted by molar-refractivity contribution is 5.94. The third kappa shape index (κ3) is 2.48. The molecule has 2 N–H and O–H groups in total. The molecule has 0 bridgehead atoms. The summed E-state index contributed by atoms with van der Waals surface area (Å²) in [6, 6.07) is 4.12. The molecule has 5 nitrogen and oxygen atoms in total. The lowest BCUT2D eigenvalue weighted by Crippen LogP contribution is -2.08. The quantitative estimate of drug-likeness (QED) is 0.868. The monoisotopic (exact) mass is 249 g/mol. The summed E-state index contributed by atoms with van der Waals surface area (Å²) >= 11 is 0. The lowest BCUT2D eigenvalue weighted by Gasteiger charge is -2.08. The minimum atomic E-state index is -1.29. The Morgan fingerprint density at radius 3 is 2.94 bits per heavy atom. The molecule has 18 heavy (non-hydrogen) atoms. The van der Waals surface area contributed by atoms with E-state index in [1.165, 1.54) is 12.1 Å². The number of carboxylic acid groups (broad SMARTS) is 1. The number of carbonyl (C=O) groups is 1. The van der Waals surface area contributed by atoms with Crippen LogP contribution in [-0.2, 0) is 13.6 Å². The van der Waals surface area contributed by atoms with E-state index in [-0.39, 0.29) is 11.3 Å². The molecule has 2 rings (SSSR count). The van der Waals surface area contributed by atoms with Crippen LogP contribution in [0.4, 0.5) is 10.1 Å². The number of aromatic nitrogens is 2. The summed E-state index contributed by atoms with van der Waals surface area (Å²) in [6.07, 6.45) is 3.46. The van der Waals surface area contributed by atoms with Crippen LogP contribution in [0.15, 0.2) is 30.6 Å². The number of halogens is 1. The molecule has 0 unspecified atom stereocenters. The first-order valence-corrected chi connectivity index (χ1v) is 5.31. The van der Waals surface area contributed by atoms with Gasteiger partial charge in [-0.15, -0.1) is 0 Å². The normalized spacial score (nSPS) is 10.3. The first kappa shape index (κ1) is 12.1. The van der Waals surface area contributed by atoms with Gasteiger partial charge in [-0.3, -0.25) is 4.68 Å². The smallest absolute Gasteiger partial charge is 0.340 e. The van der Waals surface area contributed by atoms with E-state index in [2.05, 4.69) is 10.4 Å². The number of benzene rings is 1. The van der Waals surface area contributed by atoms with Crippen molar-refractivity contribution in [2.75, 3.05) is 5.32 Å². The van der Waals surface area contributed by atoms with Gasteiger partial charge in [-0.25, -0.2) is 9.18 Å². The van der Waals surface area contributed by atoms with Crippen LogP contribution in [0.1, 0.15) is 15.9 Å². The molecule has 0 radical (unpaired) electrons. The molecule has 0 saturated carbocycles. The topological polar surface area (TPSA) is 67.2 Å². The molecule has 94 valence electrons. The van der Waals surface area contributed by atoms with Gasteiger partial charge < -0.3 is 10.4 Å². The van der Waals surface area contributed by atoms with Gasteiger partial charge in [0.25, 0.3) is 0 Å². The van der Waals surface area contributed by atoms with Crippen LogP contribution in [0.2, 0.25) is 0 Å². The lowest BCUT2D eigenvalue weighted by atomic mass is 10.1. The summed E-state index contributed by atoms with van der Waals surface area (Å²) in [7, 11) is 1.79. The van der Waals surface area contributed by atoms with E-state index in [0.29, 0.717) is 6.54 Å². The Labute approximate surface area is 103 Å². The fourth-order valence-corrected chi connectivity index (χ4v) is 1.65. The minimum absolute atomic E-state index is 0.256. The number of aromatic carboxylic acids is 1. The van der Waals surface area contributed by atoms with E-state index in [1.54, 1.807) is 24.1 Å². The van der Waals surface area contributed by atoms with Gasteiger partial charge in [0.2, 0.25) is 0 Å². The molecular formula is C12H12FN3O2. The van der Waals surface area contributed by atoms with Crippen molar-refractivity contribution in [3.05, 3.63) is 47.5 Å². The number of nitrogens with zero attached hydrogens (tertiary/aromatic N) is 2. The van der Waals surface area contributed by atoms with E-state index in [4.69, 9.17) is 5.11 Å². The summed E-state index contributed by atoms with van der Waals surface area (Å²) in [5.74, 6) is -2.04. The summed E-state index contributed by atoms with van der Waals surface area (Å²) in [5, 5.41) is 15.8. The lowest BCUT2D eigenvalue weighted by molar-refractivity contribution is 0.0693. The van der Waals surface area contributed by atoms with Crippen molar-refractivity contribution in [1.29, 1.82) is 0 Å². The number of hydrogen-bond acceptors (Lipinski definition) is 3. The Morgan fingerprint density at radius 1 is 1.56 bits per heavy atom. The largest absolute Gasteiger partial charge is 0.478 e. The van der Waals surface area contributed by atoms with Crippen LogP contribution in [0.5, 0.6) is 0 Å². The van der Waals surface area contributed by atoms with Crippen LogP contribution in [-0.4, -0.2) is 20.9 Å². The molecule has 0 spiro atoms. The van der Waals surface area contributed by atoms with E-state index in [1.807, 2.05) is 0 Å². The summed E-state index contributed by atoms with van der Waals surface area (Å²) in [4.78, 5) is 11.0. The average Bonchev–Trinajstić information content (AvgIpc) is 2.72. The second-order valence-corrected chi connectivity index (χ2v) is 3.84. The Hall–Kier alpha value is -2.37. The number of carboxylic acids is 1. The fraction of sp³-hybridized carbons (Fsp3) is 0.167. The van der Waals surface area contributed by atoms with E-state index in [9.17, 15) is 9.18 Å². The van der Waals surface area contributed by atoms with Crippen molar-refractivity contribution in [3.63, 3.8) is 0 Å². The Bertz CT molecular complexity index is 580. The molecule has 0 aliphatic heterocycles. The predicted molar refractivity (Wildman–Crippen MR) is 63.9 cm³/mol. The molecule has 0 atom stereocenters. The van der Waals surface area contributed by atoms with Crippen LogP contribution >= 0.6 is 0 Å². The maximum atomic E-state index is 13.4. The Balaban J connectivity index is 2.19. The minimum Gasteiger partial charge on any atom is -0.478 e. The third-order valence-electron chi connectivity index (χ3n) is 2.47. The average molecular weight is 249 g/mol. The van der Waals surface area contributed by atoms with Crippen molar-refractivity contribution >= 4 is 11.7 Å². The molecule has 0 aliphatic carbocycles. The van der Waals surface area contributed by atoms with Gasteiger partial charge in [-0.05, 0) is 12.1 Å². The number of nitrogens with one attached hydrogen (secondary N) is 1. The van der Waals surface area contributed by atoms with Gasteiger partial charge >= 0.3 is 5.97 Å². The van der Waals surface area contributed by atoms with E-state index in [0.717, 1.165) is 11.6 Å². The van der Waals surface area contributed by atoms with Crippen LogP contribution in [0.3, 0.4) is 0 Å². The molecule has 0 saturated heterocycles. The second kappa shape index (κ2) is 4.87. The Morgan fingerprint density at radius 2 is 2.33 bits per heavy atom.